The highest BCUT2D eigenvalue weighted by molar-refractivity contribution is 6.30. The second-order valence-corrected chi connectivity index (χ2v) is 7.11. The molecule has 0 radical (unpaired) electrons. The Morgan fingerprint density at radius 2 is 2.08 bits per heavy atom. The molecule has 1 aliphatic carbocycles. The van der Waals surface area contributed by atoms with Crippen LogP contribution < -0.4 is 10.1 Å². The van der Waals surface area contributed by atoms with E-state index in [0.29, 0.717) is 17.8 Å². The number of imidazole rings is 1. The van der Waals surface area contributed by atoms with Crippen molar-refractivity contribution in [1.82, 2.24) is 19.9 Å². The lowest BCUT2D eigenvalue weighted by molar-refractivity contribution is 0.286. The third-order valence-electron chi connectivity index (χ3n) is 4.55. The standard InChI is InChI=1S/C19H22ClN5O/c1-12-17(20)24-19(25-18(12)21-11-13-8-9-13)26-10-4-7-16-22-14-5-2-3-6-15(14)23-16/h2-3,5-6,13H,4,7-11H2,1H3,(H,22,23)(H,21,24,25). The molecule has 26 heavy (non-hydrogen) atoms. The van der Waals surface area contributed by atoms with Crippen LogP contribution in [0.25, 0.3) is 11.0 Å². The molecule has 0 spiro atoms. The van der Waals surface area contributed by atoms with E-state index in [9.17, 15) is 0 Å². The lowest BCUT2D eigenvalue weighted by Gasteiger charge is -2.11. The summed E-state index contributed by atoms with van der Waals surface area (Å²) in [7, 11) is 0. The molecule has 4 rings (SSSR count). The number of aromatic amines is 1. The second kappa shape index (κ2) is 7.50. The van der Waals surface area contributed by atoms with E-state index >= 15 is 0 Å². The van der Waals surface area contributed by atoms with Gasteiger partial charge in [0.25, 0.3) is 0 Å². The Hall–Kier alpha value is -2.34. The molecule has 0 bridgehead atoms. The highest BCUT2D eigenvalue weighted by Crippen LogP contribution is 2.30. The van der Waals surface area contributed by atoms with Crippen LogP contribution in [0.1, 0.15) is 30.7 Å². The Morgan fingerprint density at radius 3 is 2.88 bits per heavy atom. The first-order chi connectivity index (χ1) is 12.7. The molecule has 2 aromatic heterocycles. The number of rotatable bonds is 8. The summed E-state index contributed by atoms with van der Waals surface area (Å²) < 4.78 is 5.71. The van der Waals surface area contributed by atoms with Crippen LogP contribution in [0.5, 0.6) is 6.01 Å². The number of anilines is 1. The Kier molecular flexibility index (Phi) is 4.93. The Labute approximate surface area is 157 Å². The first-order valence-corrected chi connectivity index (χ1v) is 9.41. The largest absolute Gasteiger partial charge is 0.463 e. The molecule has 1 fully saturated rings. The van der Waals surface area contributed by atoms with Gasteiger partial charge in [0.15, 0.2) is 0 Å². The van der Waals surface area contributed by atoms with E-state index in [1.165, 1.54) is 12.8 Å². The molecule has 0 unspecified atom stereocenters. The van der Waals surface area contributed by atoms with E-state index in [4.69, 9.17) is 16.3 Å². The van der Waals surface area contributed by atoms with E-state index in [1.54, 1.807) is 0 Å². The Morgan fingerprint density at radius 1 is 1.23 bits per heavy atom. The van der Waals surface area contributed by atoms with Gasteiger partial charge in [-0.15, -0.1) is 0 Å². The van der Waals surface area contributed by atoms with Gasteiger partial charge in [0.2, 0.25) is 0 Å². The normalized spacial score (nSPS) is 13.9. The number of benzene rings is 1. The van der Waals surface area contributed by atoms with Crippen molar-refractivity contribution in [2.45, 2.75) is 32.6 Å². The minimum Gasteiger partial charge on any atom is -0.463 e. The molecule has 3 aromatic rings. The van der Waals surface area contributed by atoms with Crippen molar-refractivity contribution in [3.8, 4) is 6.01 Å². The predicted molar refractivity (Wildman–Crippen MR) is 103 cm³/mol. The maximum absolute atomic E-state index is 6.22. The van der Waals surface area contributed by atoms with E-state index in [2.05, 4.69) is 25.3 Å². The van der Waals surface area contributed by atoms with Gasteiger partial charge in [-0.1, -0.05) is 23.7 Å². The van der Waals surface area contributed by atoms with Crippen molar-refractivity contribution in [3.05, 3.63) is 40.8 Å². The van der Waals surface area contributed by atoms with Crippen LogP contribution in [-0.4, -0.2) is 33.1 Å². The van der Waals surface area contributed by atoms with Gasteiger partial charge in [0, 0.05) is 18.5 Å². The average molecular weight is 372 g/mol. The number of aromatic nitrogens is 4. The van der Waals surface area contributed by atoms with E-state index in [0.717, 1.165) is 53.5 Å². The van der Waals surface area contributed by atoms with E-state index in [1.807, 2.05) is 31.2 Å². The van der Waals surface area contributed by atoms with Gasteiger partial charge in [-0.05, 0) is 44.2 Å². The van der Waals surface area contributed by atoms with Crippen LogP contribution in [0.2, 0.25) is 5.15 Å². The number of nitrogens with one attached hydrogen (secondary N) is 2. The number of nitrogens with zero attached hydrogens (tertiary/aromatic N) is 3. The maximum atomic E-state index is 6.22. The van der Waals surface area contributed by atoms with Crippen LogP contribution in [0.3, 0.4) is 0 Å². The molecule has 2 heterocycles. The fraction of sp³-hybridized carbons (Fsp3) is 0.421. The first kappa shape index (κ1) is 17.1. The summed E-state index contributed by atoms with van der Waals surface area (Å²) >= 11 is 6.22. The fourth-order valence-electron chi connectivity index (χ4n) is 2.80. The third kappa shape index (κ3) is 4.07. The molecule has 2 N–H and O–H groups in total. The van der Waals surface area contributed by atoms with Gasteiger partial charge in [0.05, 0.1) is 17.6 Å². The fourth-order valence-corrected chi connectivity index (χ4v) is 2.96. The van der Waals surface area contributed by atoms with Gasteiger partial charge < -0.3 is 15.0 Å². The number of fused-ring (bicyclic) bond motifs is 1. The van der Waals surface area contributed by atoms with Crippen molar-refractivity contribution >= 4 is 28.5 Å². The van der Waals surface area contributed by atoms with Crippen LogP contribution >= 0.6 is 11.6 Å². The molecule has 1 saturated carbocycles. The summed E-state index contributed by atoms with van der Waals surface area (Å²) in [6.07, 6.45) is 4.20. The van der Waals surface area contributed by atoms with E-state index < -0.39 is 0 Å². The minimum atomic E-state index is 0.323. The molecule has 7 heteroatoms. The zero-order valence-corrected chi connectivity index (χ0v) is 15.5. The molecule has 0 amide bonds. The summed E-state index contributed by atoms with van der Waals surface area (Å²) in [6, 6.07) is 8.35. The number of ether oxygens (including phenoxy) is 1. The topological polar surface area (TPSA) is 75.7 Å². The van der Waals surface area contributed by atoms with Crippen molar-refractivity contribution in [2.75, 3.05) is 18.5 Å². The van der Waals surface area contributed by atoms with Crippen molar-refractivity contribution in [2.24, 2.45) is 5.92 Å². The average Bonchev–Trinajstić information content (AvgIpc) is 3.37. The van der Waals surface area contributed by atoms with Gasteiger partial charge in [-0.3, -0.25) is 0 Å². The Bertz CT molecular complexity index is 873. The third-order valence-corrected chi connectivity index (χ3v) is 4.92. The van der Waals surface area contributed by atoms with Gasteiger partial charge in [-0.25, -0.2) is 4.98 Å². The zero-order chi connectivity index (χ0) is 17.9. The van der Waals surface area contributed by atoms with Crippen LogP contribution in [-0.2, 0) is 6.42 Å². The van der Waals surface area contributed by atoms with E-state index in [-0.39, 0.29) is 0 Å². The molecule has 0 saturated heterocycles. The second-order valence-electron chi connectivity index (χ2n) is 6.75. The number of halogens is 1. The predicted octanol–water partition coefficient (Wildman–Crippen LogP) is 4.15. The monoisotopic (exact) mass is 371 g/mol. The number of hydrogen-bond donors (Lipinski definition) is 2. The van der Waals surface area contributed by atoms with Crippen molar-refractivity contribution in [3.63, 3.8) is 0 Å². The van der Waals surface area contributed by atoms with Crippen LogP contribution in [0.4, 0.5) is 5.82 Å². The smallest absolute Gasteiger partial charge is 0.319 e. The molecule has 1 aliphatic rings. The summed E-state index contributed by atoms with van der Waals surface area (Å²) in [4.78, 5) is 16.6. The lowest BCUT2D eigenvalue weighted by atomic mass is 10.3. The molecule has 0 atom stereocenters. The number of para-hydroxylation sites is 2. The van der Waals surface area contributed by atoms with Crippen LogP contribution in [0.15, 0.2) is 24.3 Å². The van der Waals surface area contributed by atoms with Crippen molar-refractivity contribution in [1.29, 1.82) is 0 Å². The Balaban J connectivity index is 1.32. The molecule has 0 aliphatic heterocycles. The SMILES string of the molecule is Cc1c(Cl)nc(OCCCc2nc3ccccc3[nH]2)nc1NCC1CC1. The highest BCUT2D eigenvalue weighted by atomic mass is 35.5. The maximum Gasteiger partial charge on any atom is 0.319 e. The molecule has 136 valence electrons. The highest BCUT2D eigenvalue weighted by Gasteiger charge is 2.21. The summed E-state index contributed by atoms with van der Waals surface area (Å²) in [5, 5.41) is 3.79. The number of H-pyrrole nitrogens is 1. The molecule has 6 nitrogen and oxygen atoms in total. The number of aryl methyl sites for hydroxylation is 1. The zero-order valence-electron chi connectivity index (χ0n) is 14.8. The van der Waals surface area contributed by atoms with Crippen LogP contribution in [0, 0.1) is 12.8 Å². The van der Waals surface area contributed by atoms with Gasteiger partial charge >= 0.3 is 6.01 Å². The molecular weight excluding hydrogens is 350 g/mol. The van der Waals surface area contributed by atoms with Gasteiger partial charge in [0.1, 0.15) is 16.8 Å². The summed E-state index contributed by atoms with van der Waals surface area (Å²) in [5.74, 6) is 2.49. The number of hydrogen-bond acceptors (Lipinski definition) is 5. The first-order valence-electron chi connectivity index (χ1n) is 9.03. The molecule has 1 aromatic carbocycles. The lowest BCUT2D eigenvalue weighted by Crippen LogP contribution is -2.10. The van der Waals surface area contributed by atoms with Crippen molar-refractivity contribution < 1.29 is 4.74 Å². The quantitative estimate of drug-likeness (QED) is 0.459. The minimum absolute atomic E-state index is 0.323. The van der Waals surface area contributed by atoms with Gasteiger partial charge in [-0.2, -0.15) is 9.97 Å². The summed E-state index contributed by atoms with van der Waals surface area (Å²) in [6.45, 7) is 3.36. The summed E-state index contributed by atoms with van der Waals surface area (Å²) in [5.41, 5.74) is 2.91. The molecular formula is C19H22ClN5O.